The third kappa shape index (κ3) is 4.17. The van der Waals surface area contributed by atoms with E-state index in [9.17, 15) is 13.2 Å². The predicted molar refractivity (Wildman–Crippen MR) is 85.9 cm³/mol. The normalized spacial score (nSPS) is 14.9. The lowest BCUT2D eigenvalue weighted by Gasteiger charge is -2.23. The molecule has 1 aromatic rings. The molecule has 0 N–H and O–H groups in total. The summed E-state index contributed by atoms with van der Waals surface area (Å²) < 4.78 is 24.1. The Morgan fingerprint density at radius 2 is 2.00 bits per heavy atom. The molecule has 0 saturated heterocycles. The van der Waals surface area contributed by atoms with Gasteiger partial charge in [0.15, 0.2) is 9.84 Å². The number of amides is 1. The van der Waals surface area contributed by atoms with Crippen LogP contribution in [-0.2, 0) is 14.6 Å². The number of carbonyl (C=O) groups excluding carboxylic acids is 1. The monoisotopic (exact) mass is 307 g/mol. The van der Waals surface area contributed by atoms with Crippen LogP contribution in [0.3, 0.4) is 0 Å². The van der Waals surface area contributed by atoms with E-state index in [1.165, 1.54) is 0 Å². The van der Waals surface area contributed by atoms with Crippen LogP contribution in [0.2, 0.25) is 0 Å². The van der Waals surface area contributed by atoms with Gasteiger partial charge in [-0.25, -0.2) is 8.42 Å². The van der Waals surface area contributed by atoms with Crippen molar-refractivity contribution >= 4 is 27.5 Å². The second kappa shape index (κ2) is 6.43. The van der Waals surface area contributed by atoms with Crippen molar-refractivity contribution in [1.29, 1.82) is 0 Å². The lowest BCUT2D eigenvalue weighted by Crippen LogP contribution is -2.37. The van der Waals surface area contributed by atoms with E-state index in [1.54, 1.807) is 4.90 Å². The molecule has 21 heavy (non-hydrogen) atoms. The molecule has 0 saturated carbocycles. The zero-order chi connectivity index (χ0) is 15.5. The fraction of sp³-hybridized carbons (Fsp3) is 0.438. The van der Waals surface area contributed by atoms with Crippen LogP contribution in [0.1, 0.15) is 25.8 Å². The molecule has 0 radical (unpaired) electrons. The second-order valence-corrected chi connectivity index (χ2v) is 7.85. The van der Waals surface area contributed by atoms with Gasteiger partial charge in [-0.15, -0.1) is 0 Å². The highest BCUT2D eigenvalue weighted by atomic mass is 32.2. The maximum absolute atomic E-state index is 12.4. The minimum Gasteiger partial charge on any atom is -0.311 e. The number of carbonyl (C=O) groups is 1. The van der Waals surface area contributed by atoms with Crippen LogP contribution in [0.15, 0.2) is 30.3 Å². The highest BCUT2D eigenvalue weighted by Gasteiger charge is 2.25. The van der Waals surface area contributed by atoms with Gasteiger partial charge in [-0.1, -0.05) is 44.2 Å². The summed E-state index contributed by atoms with van der Waals surface area (Å²) in [6, 6.07) is 7.56. The van der Waals surface area contributed by atoms with Crippen molar-refractivity contribution in [2.24, 2.45) is 5.92 Å². The Morgan fingerprint density at radius 1 is 1.29 bits per heavy atom. The fourth-order valence-corrected chi connectivity index (χ4v) is 4.17. The Morgan fingerprint density at radius 3 is 2.71 bits per heavy atom. The number of para-hydroxylation sites is 1. The molecule has 1 aliphatic heterocycles. The number of anilines is 1. The van der Waals surface area contributed by atoms with Crippen molar-refractivity contribution in [2.45, 2.75) is 20.3 Å². The molecule has 0 unspecified atom stereocenters. The van der Waals surface area contributed by atoms with Crippen molar-refractivity contribution in [3.8, 4) is 0 Å². The molecule has 2 rings (SSSR count). The summed E-state index contributed by atoms with van der Waals surface area (Å²) in [6.07, 6.45) is 4.71. The van der Waals surface area contributed by atoms with E-state index in [1.807, 2.05) is 50.3 Å². The van der Waals surface area contributed by atoms with E-state index in [2.05, 4.69) is 0 Å². The summed E-state index contributed by atoms with van der Waals surface area (Å²) in [4.78, 5) is 14.0. The van der Waals surface area contributed by atoms with Crippen molar-refractivity contribution in [3.63, 3.8) is 0 Å². The van der Waals surface area contributed by atoms with E-state index in [-0.39, 0.29) is 17.6 Å². The Kier molecular flexibility index (Phi) is 4.83. The van der Waals surface area contributed by atoms with Gasteiger partial charge in [0, 0.05) is 6.54 Å². The van der Waals surface area contributed by atoms with Crippen LogP contribution in [0.5, 0.6) is 0 Å². The summed E-state index contributed by atoms with van der Waals surface area (Å²) in [5.74, 6) is -0.681. The van der Waals surface area contributed by atoms with Crippen LogP contribution < -0.4 is 4.90 Å². The van der Waals surface area contributed by atoms with Crippen LogP contribution >= 0.6 is 0 Å². The molecule has 1 aromatic carbocycles. The summed E-state index contributed by atoms with van der Waals surface area (Å²) in [5, 5.41) is 0. The first-order valence-corrected chi connectivity index (χ1v) is 8.97. The number of nitrogens with zero attached hydrogens (tertiary/aromatic N) is 1. The minimum atomic E-state index is -3.36. The highest BCUT2D eigenvalue weighted by molar-refractivity contribution is 7.92. The zero-order valence-corrected chi connectivity index (χ0v) is 13.3. The lowest BCUT2D eigenvalue weighted by atomic mass is 10.1. The summed E-state index contributed by atoms with van der Waals surface area (Å²) in [5.41, 5.74) is 1.74. The van der Waals surface area contributed by atoms with Gasteiger partial charge < -0.3 is 4.90 Å². The third-order valence-corrected chi connectivity index (χ3v) is 5.14. The molecule has 0 bridgehead atoms. The lowest BCUT2D eigenvalue weighted by molar-refractivity contribution is -0.116. The van der Waals surface area contributed by atoms with Crippen LogP contribution in [0.4, 0.5) is 5.69 Å². The first-order chi connectivity index (χ1) is 9.89. The Labute approximate surface area is 126 Å². The van der Waals surface area contributed by atoms with E-state index >= 15 is 0 Å². The molecule has 1 heterocycles. The molecule has 0 spiro atoms. The summed E-state index contributed by atoms with van der Waals surface area (Å²) in [6.45, 7) is 4.20. The molecule has 5 heteroatoms. The number of benzene rings is 1. The molecule has 1 amide bonds. The number of hydrogen-bond donors (Lipinski definition) is 0. The Bertz CT molecular complexity index is 647. The van der Waals surface area contributed by atoms with Gasteiger partial charge in [0.1, 0.15) is 5.75 Å². The third-order valence-electron chi connectivity index (χ3n) is 3.28. The maximum Gasteiger partial charge on any atom is 0.242 e. The van der Waals surface area contributed by atoms with Gasteiger partial charge >= 0.3 is 0 Å². The van der Waals surface area contributed by atoms with Gasteiger partial charge in [0.2, 0.25) is 5.91 Å². The Hall–Kier alpha value is -1.62. The maximum atomic E-state index is 12.4. The molecular weight excluding hydrogens is 286 g/mol. The average Bonchev–Trinajstić information content (AvgIpc) is 2.58. The SMILES string of the molecule is CC(C)CS(=O)(=O)CC(=O)N1CCC=Cc2ccccc21. The van der Waals surface area contributed by atoms with Crippen LogP contribution in [0, 0.1) is 5.92 Å². The van der Waals surface area contributed by atoms with Gasteiger partial charge in [-0.3, -0.25) is 4.79 Å². The van der Waals surface area contributed by atoms with Crippen molar-refractivity contribution < 1.29 is 13.2 Å². The van der Waals surface area contributed by atoms with Crippen molar-refractivity contribution in [1.82, 2.24) is 0 Å². The molecule has 114 valence electrons. The zero-order valence-electron chi connectivity index (χ0n) is 12.5. The number of rotatable bonds is 4. The molecule has 0 aromatic heterocycles. The fourth-order valence-electron chi connectivity index (χ4n) is 2.50. The number of sulfone groups is 1. The van der Waals surface area contributed by atoms with Gasteiger partial charge in [-0.05, 0) is 24.0 Å². The quantitative estimate of drug-likeness (QED) is 0.859. The van der Waals surface area contributed by atoms with Crippen molar-refractivity contribution in [3.05, 3.63) is 35.9 Å². The number of fused-ring (bicyclic) bond motifs is 1. The molecular formula is C16H21NO3S. The molecule has 4 nitrogen and oxygen atoms in total. The number of hydrogen-bond acceptors (Lipinski definition) is 3. The van der Waals surface area contributed by atoms with E-state index in [0.29, 0.717) is 6.54 Å². The van der Waals surface area contributed by atoms with E-state index in [4.69, 9.17) is 0 Å². The van der Waals surface area contributed by atoms with E-state index < -0.39 is 15.6 Å². The first-order valence-electron chi connectivity index (χ1n) is 7.15. The first kappa shape index (κ1) is 15.8. The second-order valence-electron chi connectivity index (χ2n) is 5.74. The smallest absolute Gasteiger partial charge is 0.242 e. The van der Waals surface area contributed by atoms with E-state index in [0.717, 1.165) is 17.7 Å². The molecule has 0 atom stereocenters. The highest BCUT2D eigenvalue weighted by Crippen LogP contribution is 2.25. The molecule has 0 aliphatic carbocycles. The Balaban J connectivity index is 2.21. The largest absolute Gasteiger partial charge is 0.311 e. The van der Waals surface area contributed by atoms with Crippen LogP contribution in [-0.4, -0.2) is 32.4 Å². The van der Waals surface area contributed by atoms with Crippen LogP contribution in [0.25, 0.3) is 6.08 Å². The molecule has 0 fully saturated rings. The van der Waals surface area contributed by atoms with Gasteiger partial charge in [0.05, 0.1) is 11.4 Å². The average molecular weight is 307 g/mol. The topological polar surface area (TPSA) is 54.5 Å². The summed E-state index contributed by atoms with van der Waals surface area (Å²) in [7, 11) is -3.36. The minimum absolute atomic E-state index is 0.0286. The van der Waals surface area contributed by atoms with Gasteiger partial charge in [0.25, 0.3) is 0 Å². The van der Waals surface area contributed by atoms with Crippen molar-refractivity contribution in [2.75, 3.05) is 23.0 Å². The predicted octanol–water partition coefficient (Wildman–Crippen LogP) is 2.51. The standard InChI is InChI=1S/C16H21NO3S/c1-13(2)11-21(19,20)12-16(18)17-10-6-5-8-14-7-3-4-9-15(14)17/h3-5,7-9,13H,6,10-12H2,1-2H3. The van der Waals surface area contributed by atoms with Gasteiger partial charge in [-0.2, -0.15) is 0 Å². The summed E-state index contributed by atoms with van der Waals surface area (Å²) >= 11 is 0. The molecule has 1 aliphatic rings.